The molecule has 0 aliphatic carbocycles. The number of halogens is 5. The molecule has 0 fully saturated rings. The van der Waals surface area contributed by atoms with E-state index in [9.17, 15) is 21.6 Å². The maximum Gasteiger partial charge on any atom is 0.417 e. The molecule has 7 nitrogen and oxygen atoms in total. The van der Waals surface area contributed by atoms with E-state index in [1.807, 2.05) is 6.07 Å². The predicted molar refractivity (Wildman–Crippen MR) is 126 cm³/mol. The maximum atomic E-state index is 13.2. The molecule has 0 saturated heterocycles. The third-order valence-electron chi connectivity index (χ3n) is 4.78. The lowest BCUT2D eigenvalue weighted by atomic mass is 10.1. The lowest BCUT2D eigenvalue weighted by Gasteiger charge is -2.14. The number of hydrogen-bond acceptors (Lipinski definition) is 5. The van der Waals surface area contributed by atoms with E-state index in [0.717, 1.165) is 18.2 Å². The summed E-state index contributed by atoms with van der Waals surface area (Å²) in [7, 11) is -4.39. The second-order valence-corrected chi connectivity index (χ2v) is 10.0. The van der Waals surface area contributed by atoms with Gasteiger partial charge in [-0.1, -0.05) is 41.9 Å². The van der Waals surface area contributed by atoms with Crippen molar-refractivity contribution in [1.82, 2.24) is 19.3 Å². The molecule has 0 saturated carbocycles. The molecule has 0 atom stereocenters. The highest BCUT2D eigenvalue weighted by Crippen LogP contribution is 2.34. The van der Waals surface area contributed by atoms with Crippen molar-refractivity contribution in [3.63, 3.8) is 0 Å². The van der Waals surface area contributed by atoms with E-state index < -0.39 is 26.7 Å². The van der Waals surface area contributed by atoms with Crippen LogP contribution in [0.4, 0.5) is 19.0 Å². The van der Waals surface area contributed by atoms with Crippen LogP contribution in [-0.4, -0.2) is 36.1 Å². The normalized spacial score (nSPS) is 12.3. The first-order valence-electron chi connectivity index (χ1n) is 9.77. The number of benzene rings is 2. The quantitative estimate of drug-likeness (QED) is 0.296. The zero-order valence-corrected chi connectivity index (χ0v) is 20.3. The Morgan fingerprint density at radius 2 is 1.76 bits per heavy atom. The van der Waals surface area contributed by atoms with Crippen molar-refractivity contribution >= 4 is 49.0 Å². The number of hydrogen-bond donors (Lipinski definition) is 2. The number of alkyl halides is 3. The summed E-state index contributed by atoms with van der Waals surface area (Å²) in [5, 5.41) is 7.78. The van der Waals surface area contributed by atoms with E-state index >= 15 is 0 Å². The van der Waals surface area contributed by atoms with Crippen molar-refractivity contribution in [2.45, 2.75) is 11.1 Å². The molecule has 13 heteroatoms. The van der Waals surface area contributed by atoms with Gasteiger partial charge in [0.1, 0.15) is 5.82 Å². The average molecular weight is 575 g/mol. The molecule has 0 radical (unpaired) electrons. The molecule has 0 aliphatic rings. The van der Waals surface area contributed by atoms with Gasteiger partial charge in [-0.3, -0.25) is 0 Å². The molecular weight excluding hydrogens is 559 g/mol. The highest BCUT2D eigenvalue weighted by Gasteiger charge is 2.36. The Balaban J connectivity index is 1.54. The van der Waals surface area contributed by atoms with Gasteiger partial charge in [0.2, 0.25) is 10.0 Å². The first-order chi connectivity index (χ1) is 16.1. The minimum Gasteiger partial charge on any atom is -0.369 e. The van der Waals surface area contributed by atoms with E-state index in [4.69, 9.17) is 11.6 Å². The highest BCUT2D eigenvalue weighted by atomic mass is 79.9. The van der Waals surface area contributed by atoms with Gasteiger partial charge < -0.3 is 5.32 Å². The van der Waals surface area contributed by atoms with Gasteiger partial charge in [0.15, 0.2) is 5.65 Å². The second-order valence-electron chi connectivity index (χ2n) is 7.05. The van der Waals surface area contributed by atoms with Crippen LogP contribution in [-0.2, 0) is 16.2 Å². The molecule has 0 unspecified atom stereocenters. The lowest BCUT2D eigenvalue weighted by Crippen LogP contribution is -2.30. The molecule has 0 spiro atoms. The number of anilines is 1. The maximum absolute atomic E-state index is 13.2. The summed E-state index contributed by atoms with van der Waals surface area (Å²) in [4.78, 5) is 3.75. The largest absolute Gasteiger partial charge is 0.417 e. The van der Waals surface area contributed by atoms with Crippen molar-refractivity contribution < 1.29 is 21.6 Å². The number of sulfonamides is 1. The van der Waals surface area contributed by atoms with Gasteiger partial charge in [-0.15, -0.1) is 0 Å². The minimum atomic E-state index is -4.80. The fourth-order valence-corrected chi connectivity index (χ4v) is 5.10. The Kier molecular flexibility index (Phi) is 6.85. The Bertz CT molecular complexity index is 1460. The van der Waals surface area contributed by atoms with Crippen LogP contribution in [0.5, 0.6) is 0 Å². The zero-order valence-electron chi connectivity index (χ0n) is 17.1. The zero-order chi connectivity index (χ0) is 24.5. The minimum absolute atomic E-state index is 0.0615. The van der Waals surface area contributed by atoms with Gasteiger partial charge in [0.05, 0.1) is 26.8 Å². The monoisotopic (exact) mass is 573 g/mol. The molecule has 0 amide bonds. The van der Waals surface area contributed by atoms with E-state index in [0.29, 0.717) is 32.2 Å². The molecule has 2 aromatic heterocycles. The Hall–Kier alpha value is -2.67. The van der Waals surface area contributed by atoms with E-state index in [1.165, 1.54) is 10.6 Å². The number of nitrogens with zero attached hydrogens (tertiary/aromatic N) is 3. The molecule has 4 aromatic rings. The molecule has 34 heavy (non-hydrogen) atoms. The van der Waals surface area contributed by atoms with Crippen molar-refractivity contribution in [3.8, 4) is 11.3 Å². The number of fused-ring (bicyclic) bond motifs is 1. The van der Waals surface area contributed by atoms with Gasteiger partial charge in [0, 0.05) is 29.7 Å². The van der Waals surface area contributed by atoms with E-state index in [1.54, 1.807) is 30.5 Å². The van der Waals surface area contributed by atoms with Crippen LogP contribution in [0.1, 0.15) is 5.56 Å². The van der Waals surface area contributed by atoms with Crippen molar-refractivity contribution in [2.24, 2.45) is 0 Å². The fraction of sp³-hybridized carbons (Fsp3) is 0.143. The molecule has 2 aromatic carbocycles. The molecular formula is C21H16BrClF3N5O2S. The Labute approximate surface area is 206 Å². The first kappa shape index (κ1) is 24.5. The van der Waals surface area contributed by atoms with E-state index in [2.05, 4.69) is 36.1 Å². The van der Waals surface area contributed by atoms with Gasteiger partial charge in [-0.25, -0.2) is 18.1 Å². The predicted octanol–water partition coefficient (Wildman–Crippen LogP) is 5.22. The molecule has 178 valence electrons. The van der Waals surface area contributed by atoms with Gasteiger partial charge >= 0.3 is 6.18 Å². The van der Waals surface area contributed by atoms with Crippen molar-refractivity contribution in [1.29, 1.82) is 0 Å². The smallest absolute Gasteiger partial charge is 0.369 e. The SMILES string of the molecule is O=S(=O)(NCCNc1cc(-c2ccccc2Cl)nc2c(Br)cnn12)c1ccccc1C(F)(F)F. The summed E-state index contributed by atoms with van der Waals surface area (Å²) < 4.78 is 69.0. The van der Waals surface area contributed by atoms with Crippen molar-refractivity contribution in [3.05, 3.63) is 75.9 Å². The van der Waals surface area contributed by atoms with Crippen LogP contribution in [0, 0.1) is 0 Å². The van der Waals surface area contributed by atoms with Crippen LogP contribution >= 0.6 is 27.5 Å². The van der Waals surface area contributed by atoms with Crippen LogP contribution in [0.25, 0.3) is 16.9 Å². The number of nitrogens with one attached hydrogen (secondary N) is 2. The third-order valence-corrected chi connectivity index (χ3v) is 7.19. The summed E-state index contributed by atoms with van der Waals surface area (Å²) in [5.41, 5.74) is 0.519. The summed E-state index contributed by atoms with van der Waals surface area (Å²) in [6.45, 7) is -0.117. The van der Waals surface area contributed by atoms with Gasteiger partial charge in [0.25, 0.3) is 0 Å². The molecule has 2 N–H and O–H groups in total. The van der Waals surface area contributed by atoms with Gasteiger partial charge in [-0.2, -0.15) is 22.8 Å². The summed E-state index contributed by atoms with van der Waals surface area (Å²) >= 11 is 9.70. The topological polar surface area (TPSA) is 88.4 Å². The van der Waals surface area contributed by atoms with Crippen LogP contribution < -0.4 is 10.0 Å². The first-order valence-corrected chi connectivity index (χ1v) is 12.4. The Morgan fingerprint density at radius 3 is 2.50 bits per heavy atom. The standard InChI is InChI=1S/C21H16BrClF3N5O2S/c22-15-12-28-31-19(11-17(30-20(15)31)13-5-1-3-7-16(13)23)27-9-10-29-34(32,33)18-8-4-2-6-14(18)21(24,25)26/h1-8,11-12,27,29H,9-10H2. The summed E-state index contributed by atoms with van der Waals surface area (Å²) in [6, 6.07) is 12.9. The van der Waals surface area contributed by atoms with Gasteiger partial charge in [-0.05, 0) is 34.1 Å². The number of aromatic nitrogens is 3. The molecule has 4 rings (SSSR count). The second kappa shape index (κ2) is 9.53. The van der Waals surface area contributed by atoms with Crippen LogP contribution in [0.2, 0.25) is 5.02 Å². The Morgan fingerprint density at radius 1 is 1.06 bits per heavy atom. The summed E-state index contributed by atoms with van der Waals surface area (Å²) in [6.07, 6.45) is -3.24. The van der Waals surface area contributed by atoms with Crippen LogP contribution in [0.3, 0.4) is 0 Å². The summed E-state index contributed by atoms with van der Waals surface area (Å²) in [5.74, 6) is 0.487. The molecule has 0 bridgehead atoms. The van der Waals surface area contributed by atoms with Crippen LogP contribution in [0.15, 0.2) is 70.2 Å². The average Bonchev–Trinajstić information content (AvgIpc) is 3.17. The lowest BCUT2D eigenvalue weighted by molar-refractivity contribution is -0.139. The molecule has 2 heterocycles. The number of rotatable bonds is 7. The highest BCUT2D eigenvalue weighted by molar-refractivity contribution is 9.10. The fourth-order valence-electron chi connectivity index (χ4n) is 3.26. The van der Waals surface area contributed by atoms with Crippen molar-refractivity contribution in [2.75, 3.05) is 18.4 Å². The third kappa shape index (κ3) is 5.04. The van der Waals surface area contributed by atoms with E-state index in [-0.39, 0.29) is 13.1 Å². The molecule has 0 aliphatic heterocycles.